The number of carbonyl (C=O) groups is 2. The van der Waals surface area contributed by atoms with E-state index in [1.165, 1.54) is 0 Å². The molecule has 0 amide bonds. The summed E-state index contributed by atoms with van der Waals surface area (Å²) in [6.45, 7) is 0. The topological polar surface area (TPSA) is 61.8 Å². The Morgan fingerprint density at radius 2 is 1.70 bits per heavy atom. The molecule has 4 rings (SSSR count). The number of methoxy groups -OCH3 is 1. The van der Waals surface area contributed by atoms with Gasteiger partial charge in [-0.2, -0.15) is 0 Å². The lowest BCUT2D eigenvalue weighted by Gasteiger charge is -2.06. The number of halogens is 1. The average Bonchev–Trinajstić information content (AvgIpc) is 3.05. The molecule has 0 unspecified atom stereocenters. The fraction of sp³-hybridized carbons (Fsp3) is 0.0833. The van der Waals surface area contributed by atoms with Crippen LogP contribution in [-0.4, -0.2) is 18.9 Å². The highest BCUT2D eigenvalue weighted by Gasteiger charge is 2.28. The van der Waals surface area contributed by atoms with Gasteiger partial charge in [0.15, 0.2) is 5.76 Å². The van der Waals surface area contributed by atoms with Gasteiger partial charge in [0.25, 0.3) is 0 Å². The number of hydrogen-bond acceptors (Lipinski definition) is 5. The molecule has 0 saturated carbocycles. The van der Waals surface area contributed by atoms with Crippen molar-refractivity contribution >= 4 is 29.4 Å². The van der Waals surface area contributed by atoms with Crippen molar-refractivity contribution in [1.82, 2.24) is 0 Å². The van der Waals surface area contributed by atoms with E-state index < -0.39 is 5.97 Å². The van der Waals surface area contributed by atoms with Crippen LogP contribution < -0.4 is 14.2 Å². The fourth-order valence-electron chi connectivity index (χ4n) is 3.02. The summed E-state index contributed by atoms with van der Waals surface area (Å²) in [4.78, 5) is 24.8. The van der Waals surface area contributed by atoms with Gasteiger partial charge in [0.05, 0.1) is 19.1 Å². The molecule has 0 N–H and O–H groups in total. The first kappa shape index (κ1) is 19.7. The van der Waals surface area contributed by atoms with E-state index in [1.807, 2.05) is 0 Å². The Morgan fingerprint density at radius 3 is 2.40 bits per heavy atom. The molecule has 1 aliphatic heterocycles. The SMILES string of the molecule is COc1ccc(CC(=O)Oc2ccc3c(c2)O/C(=C\c2ccc(Cl)cc2)C3=O)cc1. The van der Waals surface area contributed by atoms with Crippen LogP contribution in [0.3, 0.4) is 0 Å². The number of allylic oxidation sites excluding steroid dienone is 1. The Kier molecular flexibility index (Phi) is 5.55. The summed E-state index contributed by atoms with van der Waals surface area (Å²) in [5, 5.41) is 0.611. The molecule has 0 aromatic heterocycles. The van der Waals surface area contributed by atoms with E-state index in [2.05, 4.69) is 0 Å². The van der Waals surface area contributed by atoms with Crippen molar-refractivity contribution in [1.29, 1.82) is 0 Å². The summed E-state index contributed by atoms with van der Waals surface area (Å²) >= 11 is 5.89. The lowest BCUT2D eigenvalue weighted by Crippen LogP contribution is -2.11. The molecule has 3 aromatic carbocycles. The molecule has 3 aromatic rings. The summed E-state index contributed by atoms with van der Waals surface area (Å²) in [7, 11) is 1.58. The zero-order chi connectivity index (χ0) is 21.1. The lowest BCUT2D eigenvalue weighted by molar-refractivity contribution is -0.133. The van der Waals surface area contributed by atoms with E-state index in [0.717, 1.165) is 16.9 Å². The maximum absolute atomic E-state index is 12.6. The highest BCUT2D eigenvalue weighted by atomic mass is 35.5. The zero-order valence-electron chi connectivity index (χ0n) is 16.1. The molecule has 0 atom stereocenters. The molecule has 0 bridgehead atoms. The van der Waals surface area contributed by atoms with E-state index in [-0.39, 0.29) is 18.0 Å². The maximum atomic E-state index is 12.6. The van der Waals surface area contributed by atoms with Crippen molar-refractivity contribution in [2.24, 2.45) is 0 Å². The third-order valence-electron chi connectivity index (χ3n) is 4.55. The molecule has 30 heavy (non-hydrogen) atoms. The van der Waals surface area contributed by atoms with Crippen molar-refractivity contribution in [3.63, 3.8) is 0 Å². The van der Waals surface area contributed by atoms with Crippen LogP contribution >= 0.6 is 11.6 Å². The van der Waals surface area contributed by atoms with Gasteiger partial charge in [-0.3, -0.25) is 9.59 Å². The summed E-state index contributed by atoms with van der Waals surface area (Å²) in [6, 6.07) is 19.0. The molecule has 5 nitrogen and oxygen atoms in total. The molecule has 150 valence electrons. The third kappa shape index (κ3) is 4.36. The van der Waals surface area contributed by atoms with Gasteiger partial charge in [0, 0.05) is 11.1 Å². The minimum atomic E-state index is -0.415. The maximum Gasteiger partial charge on any atom is 0.315 e. The molecule has 0 fully saturated rings. The molecule has 0 aliphatic carbocycles. The molecule has 0 saturated heterocycles. The third-order valence-corrected chi connectivity index (χ3v) is 4.80. The second kappa shape index (κ2) is 8.43. The number of Topliss-reactive ketones (excluding diaryl/α,β-unsaturated/α-hetero) is 1. The van der Waals surface area contributed by atoms with E-state index in [9.17, 15) is 9.59 Å². The molecule has 6 heteroatoms. The largest absolute Gasteiger partial charge is 0.497 e. The standard InChI is InChI=1S/C24H17ClO5/c1-28-18-8-4-16(5-9-18)13-23(26)29-19-10-11-20-21(14-19)30-22(24(20)27)12-15-2-6-17(25)7-3-15/h2-12,14H,13H2,1H3/b22-12-. The summed E-state index contributed by atoms with van der Waals surface area (Å²) in [6.07, 6.45) is 1.76. The molecular weight excluding hydrogens is 404 g/mol. The molecule has 0 radical (unpaired) electrons. The summed E-state index contributed by atoms with van der Waals surface area (Å²) < 4.78 is 16.2. The van der Waals surface area contributed by atoms with E-state index in [1.54, 1.807) is 79.9 Å². The van der Waals surface area contributed by atoms with Crippen LogP contribution in [0.1, 0.15) is 21.5 Å². The number of fused-ring (bicyclic) bond motifs is 1. The highest BCUT2D eigenvalue weighted by molar-refractivity contribution is 6.30. The van der Waals surface area contributed by atoms with Crippen LogP contribution in [0.2, 0.25) is 5.02 Å². The Hall–Kier alpha value is -3.57. The normalized spacial score (nSPS) is 13.7. The van der Waals surface area contributed by atoms with Gasteiger partial charge in [-0.1, -0.05) is 35.9 Å². The average molecular weight is 421 g/mol. The van der Waals surface area contributed by atoms with Gasteiger partial charge < -0.3 is 14.2 Å². The Morgan fingerprint density at radius 1 is 1.00 bits per heavy atom. The zero-order valence-corrected chi connectivity index (χ0v) is 16.8. The van der Waals surface area contributed by atoms with E-state index in [4.69, 9.17) is 25.8 Å². The molecule has 0 spiro atoms. The van der Waals surface area contributed by atoms with Gasteiger partial charge in [-0.15, -0.1) is 0 Å². The second-order valence-electron chi connectivity index (χ2n) is 6.65. The number of esters is 1. The van der Waals surface area contributed by atoms with Crippen molar-refractivity contribution in [3.05, 3.63) is 94.2 Å². The van der Waals surface area contributed by atoms with Crippen LogP contribution in [0.25, 0.3) is 6.08 Å². The van der Waals surface area contributed by atoms with Crippen molar-refractivity contribution < 1.29 is 23.8 Å². The van der Waals surface area contributed by atoms with Gasteiger partial charge in [0.2, 0.25) is 5.78 Å². The van der Waals surface area contributed by atoms with Crippen LogP contribution in [0, 0.1) is 0 Å². The molecular formula is C24H17ClO5. The smallest absolute Gasteiger partial charge is 0.315 e. The minimum Gasteiger partial charge on any atom is -0.497 e. The van der Waals surface area contributed by atoms with Crippen LogP contribution in [-0.2, 0) is 11.2 Å². The van der Waals surface area contributed by atoms with Gasteiger partial charge in [0.1, 0.15) is 17.2 Å². The summed E-state index contributed by atoms with van der Waals surface area (Å²) in [5.74, 6) is 0.948. The van der Waals surface area contributed by atoms with Crippen LogP contribution in [0.4, 0.5) is 0 Å². The number of benzene rings is 3. The van der Waals surface area contributed by atoms with Crippen molar-refractivity contribution in [2.45, 2.75) is 6.42 Å². The lowest BCUT2D eigenvalue weighted by atomic mass is 10.1. The number of ether oxygens (including phenoxy) is 3. The van der Waals surface area contributed by atoms with Gasteiger partial charge in [-0.25, -0.2) is 0 Å². The van der Waals surface area contributed by atoms with Gasteiger partial charge in [-0.05, 0) is 53.6 Å². The second-order valence-corrected chi connectivity index (χ2v) is 7.08. The predicted molar refractivity (Wildman–Crippen MR) is 113 cm³/mol. The molecule has 1 heterocycles. The Balaban J connectivity index is 1.45. The predicted octanol–water partition coefficient (Wildman–Crippen LogP) is 5.11. The first-order valence-electron chi connectivity index (χ1n) is 9.19. The highest BCUT2D eigenvalue weighted by Crippen LogP contribution is 2.35. The monoisotopic (exact) mass is 420 g/mol. The Labute approximate surface area is 178 Å². The van der Waals surface area contributed by atoms with Crippen molar-refractivity contribution in [2.75, 3.05) is 7.11 Å². The number of hydrogen-bond donors (Lipinski definition) is 0. The number of rotatable bonds is 5. The first-order chi connectivity index (χ1) is 14.5. The quantitative estimate of drug-likeness (QED) is 0.326. The minimum absolute atomic E-state index is 0.114. The van der Waals surface area contributed by atoms with Gasteiger partial charge >= 0.3 is 5.97 Å². The fourth-order valence-corrected chi connectivity index (χ4v) is 3.14. The summed E-state index contributed by atoms with van der Waals surface area (Å²) in [5.41, 5.74) is 2.02. The first-order valence-corrected chi connectivity index (χ1v) is 9.57. The van der Waals surface area contributed by atoms with Crippen LogP contribution in [0.5, 0.6) is 17.2 Å². The van der Waals surface area contributed by atoms with E-state index in [0.29, 0.717) is 22.1 Å². The number of ketones is 1. The number of carbonyl (C=O) groups excluding carboxylic acids is 2. The van der Waals surface area contributed by atoms with Crippen LogP contribution in [0.15, 0.2) is 72.5 Å². The molecule has 1 aliphatic rings. The van der Waals surface area contributed by atoms with Crippen molar-refractivity contribution in [3.8, 4) is 17.2 Å². The Bertz CT molecular complexity index is 1130. The van der Waals surface area contributed by atoms with E-state index >= 15 is 0 Å².